The molecule has 1 aromatic carbocycles. The van der Waals surface area contributed by atoms with Gasteiger partial charge in [-0.15, -0.1) is 11.3 Å². The lowest BCUT2D eigenvalue weighted by Crippen LogP contribution is -2.36. The first-order chi connectivity index (χ1) is 9.69. The topological polar surface area (TPSA) is 54.0 Å². The Morgan fingerprint density at radius 1 is 1.35 bits per heavy atom. The van der Waals surface area contributed by atoms with Crippen molar-refractivity contribution in [1.82, 2.24) is 15.6 Å². The maximum atomic E-state index is 11.8. The van der Waals surface area contributed by atoms with Crippen LogP contribution in [-0.2, 0) is 13.0 Å². The van der Waals surface area contributed by atoms with E-state index < -0.39 is 0 Å². The van der Waals surface area contributed by atoms with E-state index in [2.05, 4.69) is 22.5 Å². The highest BCUT2D eigenvalue weighted by molar-refractivity contribution is 7.11. The van der Waals surface area contributed by atoms with Crippen molar-refractivity contribution in [3.63, 3.8) is 0 Å². The van der Waals surface area contributed by atoms with E-state index in [1.165, 1.54) is 4.88 Å². The summed E-state index contributed by atoms with van der Waals surface area (Å²) in [6, 6.07) is 9.60. The monoisotopic (exact) mass is 289 g/mol. The average molecular weight is 289 g/mol. The molecule has 0 aliphatic carbocycles. The lowest BCUT2D eigenvalue weighted by Gasteiger charge is -2.12. The smallest absolute Gasteiger partial charge is 0.315 e. The minimum absolute atomic E-state index is 0.0731. The number of amides is 2. The maximum absolute atomic E-state index is 11.8. The van der Waals surface area contributed by atoms with E-state index in [1.54, 1.807) is 11.3 Å². The number of hydrogen-bond acceptors (Lipinski definition) is 3. The summed E-state index contributed by atoms with van der Waals surface area (Å²) < 4.78 is 0. The Hall–Kier alpha value is -1.88. The summed E-state index contributed by atoms with van der Waals surface area (Å²) in [6.07, 6.45) is 2.85. The Morgan fingerprint density at radius 2 is 2.10 bits per heavy atom. The molecule has 2 aromatic rings. The molecule has 1 unspecified atom stereocenters. The van der Waals surface area contributed by atoms with E-state index in [-0.39, 0.29) is 12.1 Å². The summed E-state index contributed by atoms with van der Waals surface area (Å²) >= 11 is 1.64. The van der Waals surface area contributed by atoms with E-state index in [0.717, 1.165) is 17.0 Å². The molecule has 106 valence electrons. The number of aromatic nitrogens is 1. The van der Waals surface area contributed by atoms with Crippen LogP contribution in [0, 0.1) is 0 Å². The van der Waals surface area contributed by atoms with Gasteiger partial charge >= 0.3 is 6.03 Å². The Kier molecular flexibility index (Phi) is 5.12. The third-order valence-electron chi connectivity index (χ3n) is 2.93. The first-order valence-electron chi connectivity index (χ1n) is 6.72. The van der Waals surface area contributed by atoms with Crippen molar-refractivity contribution in [2.45, 2.75) is 32.9 Å². The van der Waals surface area contributed by atoms with E-state index in [4.69, 9.17) is 0 Å². The average Bonchev–Trinajstić information content (AvgIpc) is 2.95. The van der Waals surface area contributed by atoms with Crippen molar-refractivity contribution in [2.75, 3.05) is 0 Å². The van der Waals surface area contributed by atoms with E-state index in [9.17, 15) is 4.79 Å². The van der Waals surface area contributed by atoms with E-state index >= 15 is 0 Å². The van der Waals surface area contributed by atoms with Gasteiger partial charge < -0.3 is 10.6 Å². The van der Waals surface area contributed by atoms with Crippen LogP contribution in [0.3, 0.4) is 0 Å². The SMILES string of the molecule is CCc1cnc(C(C)NC(=O)NCc2ccccc2)s1. The Bertz CT molecular complexity index is 553. The molecule has 2 amide bonds. The molecule has 0 bridgehead atoms. The molecule has 20 heavy (non-hydrogen) atoms. The fourth-order valence-corrected chi connectivity index (χ4v) is 2.63. The molecule has 0 aliphatic rings. The zero-order valence-corrected chi connectivity index (χ0v) is 12.5. The van der Waals surface area contributed by atoms with Gasteiger partial charge in [-0.1, -0.05) is 37.3 Å². The van der Waals surface area contributed by atoms with Gasteiger partial charge in [-0.25, -0.2) is 9.78 Å². The number of nitrogens with one attached hydrogen (secondary N) is 2. The van der Waals surface area contributed by atoms with Gasteiger partial charge in [0, 0.05) is 17.6 Å². The van der Waals surface area contributed by atoms with Crippen LogP contribution in [-0.4, -0.2) is 11.0 Å². The Labute approximate surface area is 123 Å². The van der Waals surface area contributed by atoms with E-state index in [0.29, 0.717) is 6.54 Å². The van der Waals surface area contributed by atoms with Gasteiger partial charge in [0.1, 0.15) is 5.01 Å². The van der Waals surface area contributed by atoms with Gasteiger partial charge in [0.05, 0.1) is 6.04 Å². The molecule has 1 atom stereocenters. The molecule has 4 nitrogen and oxygen atoms in total. The largest absolute Gasteiger partial charge is 0.334 e. The Balaban J connectivity index is 1.82. The minimum atomic E-state index is -0.172. The number of urea groups is 1. The van der Waals surface area contributed by atoms with E-state index in [1.807, 2.05) is 43.5 Å². The molecule has 0 saturated heterocycles. The fourth-order valence-electron chi connectivity index (χ4n) is 1.77. The predicted molar refractivity (Wildman–Crippen MR) is 81.7 cm³/mol. The first kappa shape index (κ1) is 14.5. The fraction of sp³-hybridized carbons (Fsp3) is 0.333. The molecule has 0 fully saturated rings. The highest BCUT2D eigenvalue weighted by atomic mass is 32.1. The summed E-state index contributed by atoms with van der Waals surface area (Å²) in [5.41, 5.74) is 1.08. The standard InChI is InChI=1S/C15H19N3OS/c1-3-13-10-16-14(20-13)11(2)18-15(19)17-9-12-7-5-4-6-8-12/h4-8,10-11H,3,9H2,1-2H3,(H2,17,18,19). The summed E-state index contributed by atoms with van der Waals surface area (Å²) in [4.78, 5) is 17.4. The van der Waals surface area contributed by atoms with Gasteiger partial charge in [-0.05, 0) is 18.9 Å². The second-order valence-corrected chi connectivity index (χ2v) is 5.70. The van der Waals surface area contributed by atoms with Crippen molar-refractivity contribution >= 4 is 17.4 Å². The molecule has 1 heterocycles. The van der Waals surface area contributed by atoms with Gasteiger partial charge in [0.25, 0.3) is 0 Å². The molecule has 1 aromatic heterocycles. The second-order valence-electron chi connectivity index (χ2n) is 4.55. The third kappa shape index (κ3) is 4.06. The minimum Gasteiger partial charge on any atom is -0.334 e. The summed E-state index contributed by atoms with van der Waals surface area (Å²) in [5.74, 6) is 0. The number of carbonyl (C=O) groups is 1. The summed E-state index contributed by atoms with van der Waals surface area (Å²) in [5, 5.41) is 6.69. The number of rotatable bonds is 5. The number of carbonyl (C=O) groups excluding carboxylic acids is 1. The van der Waals surface area contributed by atoms with Crippen molar-refractivity contribution in [2.24, 2.45) is 0 Å². The molecular formula is C15H19N3OS. The molecule has 0 saturated carbocycles. The lowest BCUT2D eigenvalue weighted by molar-refractivity contribution is 0.237. The van der Waals surface area contributed by atoms with Crippen LogP contribution in [0.2, 0.25) is 0 Å². The summed E-state index contributed by atoms with van der Waals surface area (Å²) in [7, 11) is 0. The number of hydrogen-bond donors (Lipinski definition) is 2. The second kappa shape index (κ2) is 7.05. The van der Waals surface area contributed by atoms with Gasteiger partial charge in [0.15, 0.2) is 0 Å². The normalized spacial score (nSPS) is 11.9. The quantitative estimate of drug-likeness (QED) is 0.887. The molecule has 0 aliphatic heterocycles. The van der Waals surface area contributed by atoms with Crippen molar-refractivity contribution in [3.8, 4) is 0 Å². The van der Waals surface area contributed by atoms with Crippen LogP contribution >= 0.6 is 11.3 Å². The zero-order valence-electron chi connectivity index (χ0n) is 11.7. The van der Waals surface area contributed by atoms with Crippen LogP contribution in [0.4, 0.5) is 4.79 Å². The van der Waals surface area contributed by atoms with Crippen LogP contribution in [0.5, 0.6) is 0 Å². The van der Waals surface area contributed by atoms with Crippen LogP contribution in [0.15, 0.2) is 36.5 Å². The lowest BCUT2D eigenvalue weighted by atomic mass is 10.2. The summed E-state index contributed by atoms with van der Waals surface area (Å²) in [6.45, 7) is 4.57. The highest BCUT2D eigenvalue weighted by Gasteiger charge is 2.12. The van der Waals surface area contributed by atoms with Crippen molar-refractivity contribution in [1.29, 1.82) is 0 Å². The van der Waals surface area contributed by atoms with Crippen LogP contribution in [0.1, 0.15) is 35.3 Å². The van der Waals surface area contributed by atoms with Crippen molar-refractivity contribution < 1.29 is 4.79 Å². The number of thiazole rings is 1. The van der Waals surface area contributed by atoms with Gasteiger partial charge in [-0.2, -0.15) is 0 Å². The first-order valence-corrected chi connectivity index (χ1v) is 7.53. The maximum Gasteiger partial charge on any atom is 0.315 e. The third-order valence-corrected chi connectivity index (χ3v) is 4.26. The zero-order chi connectivity index (χ0) is 14.4. The number of benzene rings is 1. The molecule has 2 N–H and O–H groups in total. The molecular weight excluding hydrogens is 270 g/mol. The molecule has 2 rings (SSSR count). The Morgan fingerprint density at radius 3 is 2.75 bits per heavy atom. The van der Waals surface area contributed by atoms with Crippen molar-refractivity contribution in [3.05, 3.63) is 52.0 Å². The molecule has 0 radical (unpaired) electrons. The van der Waals surface area contributed by atoms with Gasteiger partial charge in [0.2, 0.25) is 0 Å². The van der Waals surface area contributed by atoms with Crippen LogP contribution in [0.25, 0.3) is 0 Å². The van der Waals surface area contributed by atoms with Gasteiger partial charge in [-0.3, -0.25) is 0 Å². The number of aryl methyl sites for hydroxylation is 1. The highest BCUT2D eigenvalue weighted by Crippen LogP contribution is 2.19. The van der Waals surface area contributed by atoms with Crippen LogP contribution < -0.4 is 10.6 Å². The number of nitrogens with zero attached hydrogens (tertiary/aromatic N) is 1. The molecule has 0 spiro atoms. The molecule has 5 heteroatoms. The predicted octanol–water partition coefficient (Wildman–Crippen LogP) is 3.27.